The third kappa shape index (κ3) is 2.30. The summed E-state index contributed by atoms with van der Waals surface area (Å²) in [6.07, 6.45) is 0.613. The number of benzene rings is 1. The lowest BCUT2D eigenvalue weighted by molar-refractivity contribution is -0.117. The van der Waals surface area contributed by atoms with Crippen LogP contribution in [0, 0.1) is 19.8 Å². The van der Waals surface area contributed by atoms with Crippen LogP contribution in [0.25, 0.3) is 11.0 Å². The molecule has 4 nitrogen and oxygen atoms in total. The van der Waals surface area contributed by atoms with Crippen molar-refractivity contribution in [2.24, 2.45) is 5.92 Å². The fourth-order valence-electron chi connectivity index (χ4n) is 2.52. The number of aromatic nitrogens is 2. The molecule has 0 N–H and O–H groups in total. The summed E-state index contributed by atoms with van der Waals surface area (Å²) in [5.74, 6) is 0.578. The molecule has 2 aromatic rings. The van der Waals surface area contributed by atoms with Crippen LogP contribution in [0.5, 0.6) is 0 Å². The van der Waals surface area contributed by atoms with Gasteiger partial charge in [-0.2, -0.15) is 0 Å². The van der Waals surface area contributed by atoms with Crippen LogP contribution in [-0.4, -0.2) is 27.7 Å². The molecule has 2 heterocycles. The van der Waals surface area contributed by atoms with Gasteiger partial charge in [0.05, 0.1) is 22.4 Å². The highest BCUT2D eigenvalue weighted by atomic mass is 79.9. The van der Waals surface area contributed by atoms with E-state index in [4.69, 9.17) is 0 Å². The second kappa shape index (κ2) is 5.13. The van der Waals surface area contributed by atoms with Gasteiger partial charge in [0.2, 0.25) is 5.91 Å². The molecule has 0 bridgehead atoms. The van der Waals surface area contributed by atoms with E-state index >= 15 is 0 Å². The summed E-state index contributed by atoms with van der Waals surface area (Å²) in [6.45, 7) is 4.68. The Morgan fingerprint density at radius 3 is 2.60 bits per heavy atom. The fourth-order valence-corrected chi connectivity index (χ4v) is 2.96. The molecule has 1 saturated heterocycles. The lowest BCUT2D eigenvalue weighted by atomic mass is 10.2. The van der Waals surface area contributed by atoms with E-state index in [9.17, 15) is 4.79 Å². The summed E-state index contributed by atoms with van der Waals surface area (Å²) in [6, 6.07) is 5.86. The van der Waals surface area contributed by atoms with Gasteiger partial charge in [-0.05, 0) is 38.0 Å². The molecule has 1 aliphatic rings. The highest BCUT2D eigenvalue weighted by Crippen LogP contribution is 2.28. The van der Waals surface area contributed by atoms with E-state index in [0.717, 1.165) is 40.0 Å². The quantitative estimate of drug-likeness (QED) is 0.793. The summed E-state index contributed by atoms with van der Waals surface area (Å²) in [5.41, 5.74) is 4.52. The van der Waals surface area contributed by atoms with E-state index in [1.165, 1.54) is 0 Å². The molecule has 1 fully saturated rings. The minimum absolute atomic E-state index is 0.186. The van der Waals surface area contributed by atoms with Crippen molar-refractivity contribution in [2.75, 3.05) is 16.8 Å². The summed E-state index contributed by atoms with van der Waals surface area (Å²) in [5, 5.41) is 0.862. The Hall–Kier alpha value is -1.49. The normalized spacial score (nSPS) is 19.1. The molecular formula is C15H16BrN3O. The van der Waals surface area contributed by atoms with E-state index in [0.29, 0.717) is 12.3 Å². The van der Waals surface area contributed by atoms with E-state index in [1.807, 2.05) is 36.9 Å². The Labute approximate surface area is 126 Å². The lowest BCUT2D eigenvalue weighted by Crippen LogP contribution is -2.24. The molecule has 0 aliphatic carbocycles. The molecule has 3 rings (SSSR count). The van der Waals surface area contributed by atoms with Gasteiger partial charge in [0.25, 0.3) is 0 Å². The molecule has 1 aliphatic heterocycles. The number of nitrogens with zero attached hydrogens (tertiary/aromatic N) is 3. The van der Waals surface area contributed by atoms with Crippen LogP contribution in [0.15, 0.2) is 18.2 Å². The number of carbonyl (C=O) groups is 1. The van der Waals surface area contributed by atoms with E-state index in [-0.39, 0.29) is 5.91 Å². The average Bonchev–Trinajstić information content (AvgIpc) is 2.81. The first kappa shape index (κ1) is 13.5. The zero-order valence-corrected chi connectivity index (χ0v) is 13.1. The minimum atomic E-state index is 0.186. The fraction of sp³-hybridized carbons (Fsp3) is 0.400. The summed E-state index contributed by atoms with van der Waals surface area (Å²) in [7, 11) is 0. The predicted molar refractivity (Wildman–Crippen MR) is 83.3 cm³/mol. The van der Waals surface area contributed by atoms with Crippen molar-refractivity contribution in [1.29, 1.82) is 0 Å². The third-order valence-corrected chi connectivity index (χ3v) is 4.71. The Morgan fingerprint density at radius 2 is 1.95 bits per heavy atom. The number of carbonyl (C=O) groups excluding carboxylic acids is 1. The maximum absolute atomic E-state index is 12.1. The second-order valence-electron chi connectivity index (χ2n) is 5.30. The van der Waals surface area contributed by atoms with Crippen LogP contribution in [0.1, 0.15) is 17.8 Å². The van der Waals surface area contributed by atoms with Gasteiger partial charge in [0.1, 0.15) is 0 Å². The second-order valence-corrected chi connectivity index (χ2v) is 5.94. The number of rotatable bonds is 2. The van der Waals surface area contributed by atoms with Crippen LogP contribution in [0.2, 0.25) is 0 Å². The number of alkyl halides is 1. The molecule has 1 aromatic heterocycles. The Bertz CT molecular complexity index is 686. The van der Waals surface area contributed by atoms with Gasteiger partial charge in [0, 0.05) is 24.0 Å². The molecule has 104 valence electrons. The smallest absolute Gasteiger partial charge is 0.227 e. The van der Waals surface area contributed by atoms with Gasteiger partial charge < -0.3 is 4.90 Å². The predicted octanol–water partition coefficient (Wildman–Crippen LogP) is 2.99. The van der Waals surface area contributed by atoms with Gasteiger partial charge in [-0.15, -0.1) is 0 Å². The minimum Gasteiger partial charge on any atom is -0.312 e. The maximum atomic E-state index is 12.1. The Balaban J connectivity index is 2.01. The highest BCUT2D eigenvalue weighted by molar-refractivity contribution is 9.09. The molecular weight excluding hydrogens is 318 g/mol. The topological polar surface area (TPSA) is 46.1 Å². The van der Waals surface area contributed by atoms with Crippen molar-refractivity contribution >= 4 is 38.6 Å². The molecule has 5 heteroatoms. The standard InChI is InChI=1S/C15H16BrN3O/c1-9-10(2)18-14-6-12(3-4-13(14)17-9)19-8-11(7-16)5-15(19)20/h3-4,6,11H,5,7-8H2,1-2H3. The number of amides is 1. The SMILES string of the molecule is Cc1nc2ccc(N3CC(CBr)CC3=O)cc2nc1C. The van der Waals surface area contributed by atoms with Gasteiger partial charge >= 0.3 is 0 Å². The number of hydrogen-bond acceptors (Lipinski definition) is 3. The third-order valence-electron chi connectivity index (χ3n) is 3.79. The largest absolute Gasteiger partial charge is 0.312 e. The number of hydrogen-bond donors (Lipinski definition) is 0. The number of anilines is 1. The van der Waals surface area contributed by atoms with Crippen LogP contribution in [0.4, 0.5) is 5.69 Å². The molecule has 0 saturated carbocycles. The molecule has 20 heavy (non-hydrogen) atoms. The first-order valence-corrected chi connectivity index (χ1v) is 7.82. The molecule has 1 atom stereocenters. The molecule has 1 unspecified atom stereocenters. The monoisotopic (exact) mass is 333 g/mol. The van der Waals surface area contributed by atoms with Gasteiger partial charge in [-0.3, -0.25) is 4.79 Å². The molecule has 0 radical (unpaired) electrons. The summed E-state index contributed by atoms with van der Waals surface area (Å²) < 4.78 is 0. The van der Waals surface area contributed by atoms with Crippen molar-refractivity contribution in [1.82, 2.24) is 9.97 Å². The Kier molecular flexibility index (Phi) is 3.46. The van der Waals surface area contributed by atoms with E-state index in [2.05, 4.69) is 25.9 Å². The van der Waals surface area contributed by atoms with Crippen LogP contribution >= 0.6 is 15.9 Å². The number of aryl methyl sites for hydroxylation is 2. The van der Waals surface area contributed by atoms with Crippen molar-refractivity contribution in [3.05, 3.63) is 29.6 Å². The molecule has 0 spiro atoms. The van der Waals surface area contributed by atoms with Crippen LogP contribution in [0.3, 0.4) is 0 Å². The van der Waals surface area contributed by atoms with Gasteiger partial charge in [-0.25, -0.2) is 9.97 Å². The van der Waals surface area contributed by atoms with E-state index < -0.39 is 0 Å². The zero-order chi connectivity index (χ0) is 14.3. The van der Waals surface area contributed by atoms with Gasteiger partial charge in [0.15, 0.2) is 0 Å². The first-order valence-electron chi connectivity index (χ1n) is 6.70. The molecule has 1 amide bonds. The highest BCUT2D eigenvalue weighted by Gasteiger charge is 2.29. The van der Waals surface area contributed by atoms with Crippen molar-refractivity contribution in [3.63, 3.8) is 0 Å². The summed E-state index contributed by atoms with van der Waals surface area (Å²) >= 11 is 3.46. The number of halogens is 1. The maximum Gasteiger partial charge on any atom is 0.227 e. The molecule has 1 aromatic carbocycles. The first-order chi connectivity index (χ1) is 9.58. The van der Waals surface area contributed by atoms with Crippen LogP contribution < -0.4 is 4.90 Å². The van der Waals surface area contributed by atoms with Gasteiger partial charge in [-0.1, -0.05) is 15.9 Å². The van der Waals surface area contributed by atoms with E-state index in [1.54, 1.807) is 0 Å². The van der Waals surface area contributed by atoms with Crippen LogP contribution in [-0.2, 0) is 4.79 Å². The summed E-state index contributed by atoms with van der Waals surface area (Å²) in [4.78, 5) is 23.0. The van der Waals surface area contributed by atoms with Crippen molar-refractivity contribution < 1.29 is 4.79 Å². The zero-order valence-electron chi connectivity index (χ0n) is 11.6. The number of fused-ring (bicyclic) bond motifs is 1. The van der Waals surface area contributed by atoms with Crippen molar-refractivity contribution in [2.45, 2.75) is 20.3 Å². The lowest BCUT2D eigenvalue weighted by Gasteiger charge is -2.17. The average molecular weight is 334 g/mol. The Morgan fingerprint density at radius 1 is 1.25 bits per heavy atom. The van der Waals surface area contributed by atoms with Crippen molar-refractivity contribution in [3.8, 4) is 0 Å².